The Morgan fingerprint density at radius 2 is 2.22 bits per heavy atom. The van der Waals surface area contributed by atoms with Crippen LogP contribution in [0.4, 0.5) is 0 Å². The molecule has 0 aromatic carbocycles. The van der Waals surface area contributed by atoms with Crippen molar-refractivity contribution in [2.75, 3.05) is 39.4 Å². The molecule has 0 aliphatic carbocycles. The molecule has 6 nitrogen and oxygen atoms in total. The quantitative estimate of drug-likeness (QED) is 0.686. The third-order valence-electron chi connectivity index (χ3n) is 3.33. The summed E-state index contributed by atoms with van der Waals surface area (Å²) in [5, 5.41) is 6.02. The maximum Gasteiger partial charge on any atom is 0.239 e. The van der Waals surface area contributed by atoms with Crippen molar-refractivity contribution in [1.82, 2.24) is 15.5 Å². The molecule has 6 heteroatoms. The van der Waals surface area contributed by atoms with E-state index in [2.05, 4.69) is 10.6 Å². The van der Waals surface area contributed by atoms with Gasteiger partial charge in [0.15, 0.2) is 0 Å². The molecule has 0 aromatic heterocycles. The second-order valence-electron chi connectivity index (χ2n) is 4.80. The Morgan fingerprint density at radius 3 is 3.00 bits per heavy atom. The molecule has 0 spiro atoms. The van der Waals surface area contributed by atoms with Crippen LogP contribution in [0.1, 0.15) is 19.3 Å². The van der Waals surface area contributed by atoms with E-state index in [1.165, 1.54) is 0 Å². The van der Waals surface area contributed by atoms with Crippen LogP contribution in [0.25, 0.3) is 0 Å². The fourth-order valence-corrected chi connectivity index (χ4v) is 2.28. The largest absolute Gasteiger partial charge is 0.381 e. The summed E-state index contributed by atoms with van der Waals surface area (Å²) in [6.07, 6.45) is 2.62. The zero-order chi connectivity index (χ0) is 12.8. The molecule has 2 saturated heterocycles. The lowest BCUT2D eigenvalue weighted by Gasteiger charge is -2.25. The topological polar surface area (TPSA) is 70.7 Å². The number of carbonyl (C=O) groups excluding carboxylic acids is 2. The van der Waals surface area contributed by atoms with E-state index < -0.39 is 0 Å². The number of hydrogen-bond donors (Lipinski definition) is 2. The molecule has 2 aliphatic rings. The fraction of sp³-hybridized carbons (Fsp3) is 0.833. The van der Waals surface area contributed by atoms with Gasteiger partial charge in [0.2, 0.25) is 11.8 Å². The van der Waals surface area contributed by atoms with Crippen molar-refractivity contribution in [2.24, 2.45) is 0 Å². The van der Waals surface area contributed by atoms with Gasteiger partial charge in [0.25, 0.3) is 0 Å². The standard InChI is InChI=1S/C12H21N3O3/c16-11(14-10-2-6-18-7-3-10)9-15-5-1-4-13-8-12(15)17/h10,13H,1-9H2,(H,14,16). The SMILES string of the molecule is O=C(CN1CCCNCC1=O)NC1CCOCC1. The normalized spacial score (nSPS) is 22.7. The van der Waals surface area contributed by atoms with Crippen LogP contribution in [0.3, 0.4) is 0 Å². The fourth-order valence-electron chi connectivity index (χ4n) is 2.28. The minimum absolute atomic E-state index is 0.00891. The summed E-state index contributed by atoms with van der Waals surface area (Å²) >= 11 is 0. The van der Waals surface area contributed by atoms with E-state index in [0.717, 1.165) is 25.8 Å². The highest BCUT2D eigenvalue weighted by atomic mass is 16.5. The molecular weight excluding hydrogens is 234 g/mol. The van der Waals surface area contributed by atoms with Crippen LogP contribution in [-0.2, 0) is 14.3 Å². The molecule has 0 unspecified atom stereocenters. The second-order valence-corrected chi connectivity index (χ2v) is 4.80. The van der Waals surface area contributed by atoms with Crippen LogP contribution in [0, 0.1) is 0 Å². The average molecular weight is 255 g/mol. The number of amides is 2. The van der Waals surface area contributed by atoms with Crippen molar-refractivity contribution in [3.63, 3.8) is 0 Å². The van der Waals surface area contributed by atoms with Gasteiger partial charge in [-0.1, -0.05) is 0 Å². The first kappa shape index (κ1) is 13.3. The van der Waals surface area contributed by atoms with Gasteiger partial charge < -0.3 is 20.3 Å². The van der Waals surface area contributed by atoms with Crippen molar-refractivity contribution < 1.29 is 14.3 Å². The number of carbonyl (C=O) groups is 2. The van der Waals surface area contributed by atoms with Crippen molar-refractivity contribution in [1.29, 1.82) is 0 Å². The summed E-state index contributed by atoms with van der Waals surface area (Å²) < 4.78 is 5.24. The minimum Gasteiger partial charge on any atom is -0.381 e. The lowest BCUT2D eigenvalue weighted by atomic mass is 10.1. The van der Waals surface area contributed by atoms with Crippen LogP contribution in [0.15, 0.2) is 0 Å². The first-order valence-electron chi connectivity index (χ1n) is 6.61. The first-order valence-corrected chi connectivity index (χ1v) is 6.61. The predicted molar refractivity (Wildman–Crippen MR) is 66.1 cm³/mol. The zero-order valence-electron chi connectivity index (χ0n) is 10.6. The van der Waals surface area contributed by atoms with Gasteiger partial charge in [0, 0.05) is 25.8 Å². The molecule has 2 aliphatic heterocycles. The molecular formula is C12H21N3O3. The molecule has 2 fully saturated rings. The maximum absolute atomic E-state index is 11.9. The van der Waals surface area contributed by atoms with Gasteiger partial charge in [0.05, 0.1) is 13.1 Å². The Labute approximate surface area is 107 Å². The molecule has 0 saturated carbocycles. The molecule has 2 amide bonds. The van der Waals surface area contributed by atoms with Crippen LogP contribution in [0.5, 0.6) is 0 Å². The molecule has 2 heterocycles. The van der Waals surface area contributed by atoms with Crippen molar-refractivity contribution >= 4 is 11.8 Å². The average Bonchev–Trinajstić information content (AvgIpc) is 2.56. The maximum atomic E-state index is 11.9. The predicted octanol–water partition coefficient (Wildman–Crippen LogP) is -0.896. The Bertz CT molecular complexity index is 303. The van der Waals surface area contributed by atoms with E-state index in [4.69, 9.17) is 4.74 Å². The summed E-state index contributed by atoms with van der Waals surface area (Å²) in [6.45, 7) is 3.42. The summed E-state index contributed by atoms with van der Waals surface area (Å²) in [4.78, 5) is 25.2. The molecule has 0 bridgehead atoms. The van der Waals surface area contributed by atoms with E-state index in [1.54, 1.807) is 4.90 Å². The Balaban J connectivity index is 1.76. The number of nitrogens with one attached hydrogen (secondary N) is 2. The summed E-state index contributed by atoms with van der Waals surface area (Å²) in [5.74, 6) is -0.0493. The van der Waals surface area contributed by atoms with E-state index in [9.17, 15) is 9.59 Å². The lowest BCUT2D eigenvalue weighted by Crippen LogP contribution is -2.46. The van der Waals surface area contributed by atoms with Crippen molar-refractivity contribution in [2.45, 2.75) is 25.3 Å². The molecule has 0 radical (unpaired) electrons. The Kier molecular flexibility index (Phi) is 4.95. The van der Waals surface area contributed by atoms with Gasteiger partial charge in [-0.15, -0.1) is 0 Å². The van der Waals surface area contributed by atoms with Crippen LogP contribution < -0.4 is 10.6 Å². The number of rotatable bonds is 3. The third kappa shape index (κ3) is 3.96. The van der Waals surface area contributed by atoms with E-state index in [0.29, 0.717) is 26.3 Å². The first-order chi connectivity index (χ1) is 8.75. The van der Waals surface area contributed by atoms with E-state index >= 15 is 0 Å². The molecule has 2 N–H and O–H groups in total. The molecule has 0 aromatic rings. The summed E-state index contributed by atoms with van der Waals surface area (Å²) in [6, 6.07) is 0.200. The van der Waals surface area contributed by atoms with Crippen LogP contribution >= 0.6 is 0 Å². The number of ether oxygens (including phenoxy) is 1. The monoisotopic (exact) mass is 255 g/mol. The molecule has 2 rings (SSSR count). The van der Waals surface area contributed by atoms with Gasteiger partial charge in [-0.05, 0) is 25.8 Å². The number of hydrogen-bond acceptors (Lipinski definition) is 4. The minimum atomic E-state index is -0.0582. The third-order valence-corrected chi connectivity index (χ3v) is 3.33. The Hall–Kier alpha value is -1.14. The van der Waals surface area contributed by atoms with Gasteiger partial charge in [-0.3, -0.25) is 9.59 Å². The van der Waals surface area contributed by atoms with Gasteiger partial charge >= 0.3 is 0 Å². The van der Waals surface area contributed by atoms with Gasteiger partial charge in [0.1, 0.15) is 0 Å². The lowest BCUT2D eigenvalue weighted by molar-refractivity contribution is -0.135. The number of nitrogens with zero attached hydrogens (tertiary/aromatic N) is 1. The zero-order valence-corrected chi connectivity index (χ0v) is 10.6. The van der Waals surface area contributed by atoms with Crippen molar-refractivity contribution in [3.05, 3.63) is 0 Å². The second kappa shape index (κ2) is 6.70. The highest BCUT2D eigenvalue weighted by Crippen LogP contribution is 2.06. The van der Waals surface area contributed by atoms with Gasteiger partial charge in [-0.25, -0.2) is 0 Å². The highest BCUT2D eigenvalue weighted by Gasteiger charge is 2.21. The Morgan fingerprint density at radius 1 is 1.44 bits per heavy atom. The van der Waals surface area contributed by atoms with Crippen LogP contribution in [-0.4, -0.2) is 62.1 Å². The summed E-state index contributed by atoms with van der Waals surface area (Å²) in [7, 11) is 0. The van der Waals surface area contributed by atoms with Crippen LogP contribution in [0.2, 0.25) is 0 Å². The molecule has 102 valence electrons. The molecule has 18 heavy (non-hydrogen) atoms. The smallest absolute Gasteiger partial charge is 0.239 e. The molecule has 0 atom stereocenters. The van der Waals surface area contributed by atoms with E-state index in [-0.39, 0.29) is 24.4 Å². The van der Waals surface area contributed by atoms with E-state index in [1.807, 2.05) is 0 Å². The van der Waals surface area contributed by atoms with Crippen molar-refractivity contribution in [3.8, 4) is 0 Å². The van der Waals surface area contributed by atoms with Gasteiger partial charge in [-0.2, -0.15) is 0 Å². The highest BCUT2D eigenvalue weighted by molar-refractivity contribution is 5.86. The summed E-state index contributed by atoms with van der Waals surface area (Å²) in [5.41, 5.74) is 0.